The molecule has 0 saturated heterocycles. The lowest BCUT2D eigenvalue weighted by atomic mass is 10.2. The predicted molar refractivity (Wildman–Crippen MR) is 104 cm³/mol. The average Bonchev–Trinajstić information content (AvgIpc) is 2.51. The van der Waals surface area contributed by atoms with Crippen LogP contribution in [0, 0.1) is 0 Å². The van der Waals surface area contributed by atoms with Crippen molar-refractivity contribution >= 4 is 8.32 Å². The summed E-state index contributed by atoms with van der Waals surface area (Å²) in [4.78, 5) is 0. The third-order valence-electron chi connectivity index (χ3n) is 4.75. The molecule has 1 aromatic rings. The topological polar surface area (TPSA) is 27.7 Å². The van der Waals surface area contributed by atoms with Crippen LogP contribution in [0.3, 0.4) is 0 Å². The lowest BCUT2D eigenvalue weighted by Crippen LogP contribution is -2.46. The van der Waals surface area contributed by atoms with Gasteiger partial charge < -0.3 is 13.9 Å². The first-order valence-electron chi connectivity index (χ1n) is 8.66. The van der Waals surface area contributed by atoms with Gasteiger partial charge in [0.1, 0.15) is 5.75 Å². The van der Waals surface area contributed by atoms with E-state index in [9.17, 15) is 0 Å². The molecule has 136 valence electrons. The molecule has 0 aliphatic rings. The maximum atomic E-state index is 6.54. The quantitative estimate of drug-likeness (QED) is 0.453. The number of rotatable bonds is 8. The van der Waals surface area contributed by atoms with Gasteiger partial charge in [0.2, 0.25) is 0 Å². The molecule has 0 N–H and O–H groups in total. The second-order valence-corrected chi connectivity index (χ2v) is 12.5. The van der Waals surface area contributed by atoms with Crippen molar-refractivity contribution in [2.45, 2.75) is 71.6 Å². The molecule has 0 amide bonds. The van der Waals surface area contributed by atoms with Crippen molar-refractivity contribution in [1.82, 2.24) is 0 Å². The molecule has 0 aliphatic heterocycles. The summed E-state index contributed by atoms with van der Waals surface area (Å²) >= 11 is 0. The summed E-state index contributed by atoms with van der Waals surface area (Å²) < 4.78 is 17.8. The first kappa shape index (κ1) is 20.9. The maximum Gasteiger partial charge on any atom is 0.193 e. The van der Waals surface area contributed by atoms with E-state index in [1.165, 1.54) is 0 Å². The number of benzene rings is 1. The van der Waals surface area contributed by atoms with Crippen LogP contribution in [0.2, 0.25) is 18.1 Å². The smallest absolute Gasteiger partial charge is 0.193 e. The number of hydrogen-bond acceptors (Lipinski definition) is 3. The standard InChI is InChI=1S/C20H34O3Si/c1-9-10-19(23-24(7,8)20(3,4)5)16(2)22-15-17-11-13-18(21-6)14-12-17/h9-14,16,19H,15H2,1-8H3/b10-9+/t16-,19+/m1/s1. The van der Waals surface area contributed by atoms with Crippen molar-refractivity contribution in [3.63, 3.8) is 0 Å². The molecule has 0 heterocycles. The van der Waals surface area contributed by atoms with E-state index < -0.39 is 8.32 Å². The molecule has 3 nitrogen and oxygen atoms in total. The molecule has 0 spiro atoms. The van der Waals surface area contributed by atoms with Gasteiger partial charge in [-0.1, -0.05) is 45.1 Å². The van der Waals surface area contributed by atoms with Crippen molar-refractivity contribution in [1.29, 1.82) is 0 Å². The van der Waals surface area contributed by atoms with E-state index in [-0.39, 0.29) is 17.2 Å². The highest BCUT2D eigenvalue weighted by molar-refractivity contribution is 6.74. The van der Waals surface area contributed by atoms with Crippen molar-refractivity contribution in [3.05, 3.63) is 42.0 Å². The van der Waals surface area contributed by atoms with Gasteiger partial charge in [-0.15, -0.1) is 0 Å². The van der Waals surface area contributed by atoms with Crippen molar-refractivity contribution in [3.8, 4) is 5.75 Å². The number of ether oxygens (including phenoxy) is 2. The Kier molecular flexibility index (Phi) is 7.71. The van der Waals surface area contributed by atoms with Crippen molar-refractivity contribution in [2.75, 3.05) is 7.11 Å². The van der Waals surface area contributed by atoms with E-state index in [4.69, 9.17) is 13.9 Å². The summed E-state index contributed by atoms with van der Waals surface area (Å²) in [5.74, 6) is 0.861. The minimum atomic E-state index is -1.84. The number of methoxy groups -OCH3 is 1. The van der Waals surface area contributed by atoms with Crippen LogP contribution in [0.25, 0.3) is 0 Å². The summed E-state index contributed by atoms with van der Waals surface area (Å²) in [5.41, 5.74) is 1.13. The molecule has 24 heavy (non-hydrogen) atoms. The van der Waals surface area contributed by atoms with E-state index in [2.05, 4.69) is 46.9 Å². The molecule has 1 rings (SSSR count). The zero-order valence-corrected chi connectivity index (χ0v) is 17.6. The highest BCUT2D eigenvalue weighted by Crippen LogP contribution is 2.38. The minimum absolute atomic E-state index is 0.00238. The Labute approximate surface area is 149 Å². The monoisotopic (exact) mass is 350 g/mol. The number of hydrogen-bond donors (Lipinski definition) is 0. The van der Waals surface area contributed by atoms with Gasteiger partial charge in [-0.25, -0.2) is 0 Å². The molecule has 0 saturated carbocycles. The lowest BCUT2D eigenvalue weighted by Gasteiger charge is -2.40. The van der Waals surface area contributed by atoms with Crippen LogP contribution >= 0.6 is 0 Å². The van der Waals surface area contributed by atoms with Gasteiger partial charge in [-0.05, 0) is 49.7 Å². The van der Waals surface area contributed by atoms with Gasteiger partial charge in [0, 0.05) is 0 Å². The SMILES string of the molecule is C/C=C/[C@H](O[Si](C)(C)C(C)(C)C)[C@@H](C)OCc1ccc(OC)cc1. The van der Waals surface area contributed by atoms with Crippen LogP contribution in [0.15, 0.2) is 36.4 Å². The minimum Gasteiger partial charge on any atom is -0.497 e. The van der Waals surface area contributed by atoms with Crippen LogP contribution in [0.5, 0.6) is 5.75 Å². The Bertz CT molecular complexity index is 515. The summed E-state index contributed by atoms with van der Waals surface area (Å²) in [7, 11) is -0.162. The maximum absolute atomic E-state index is 6.54. The Balaban J connectivity index is 2.70. The van der Waals surface area contributed by atoms with Crippen LogP contribution in [0.4, 0.5) is 0 Å². The van der Waals surface area contributed by atoms with Crippen LogP contribution in [-0.2, 0) is 15.8 Å². The molecule has 0 unspecified atom stereocenters. The summed E-state index contributed by atoms with van der Waals surface area (Å²) in [6, 6.07) is 7.98. The van der Waals surface area contributed by atoms with Gasteiger partial charge in [0.15, 0.2) is 8.32 Å². The Morgan fingerprint density at radius 1 is 1.12 bits per heavy atom. The van der Waals surface area contributed by atoms with E-state index in [0.717, 1.165) is 11.3 Å². The zero-order chi connectivity index (χ0) is 18.4. The molecule has 4 heteroatoms. The molecular formula is C20H34O3Si. The third-order valence-corrected chi connectivity index (χ3v) is 9.23. The number of allylic oxidation sites excluding steroid dienone is 1. The van der Waals surface area contributed by atoms with Crippen molar-refractivity contribution < 1.29 is 13.9 Å². The normalized spacial score (nSPS) is 15.5. The lowest BCUT2D eigenvalue weighted by molar-refractivity contribution is -0.0105. The molecular weight excluding hydrogens is 316 g/mol. The van der Waals surface area contributed by atoms with Crippen LogP contribution in [-0.4, -0.2) is 27.6 Å². The second kappa shape index (κ2) is 8.84. The predicted octanol–water partition coefficient (Wildman–Crippen LogP) is 5.57. The zero-order valence-electron chi connectivity index (χ0n) is 16.6. The average molecular weight is 351 g/mol. The summed E-state index contributed by atoms with van der Waals surface area (Å²) in [6.07, 6.45) is 4.14. The summed E-state index contributed by atoms with van der Waals surface area (Å²) in [6.45, 7) is 16.0. The van der Waals surface area contributed by atoms with Crippen LogP contribution < -0.4 is 4.74 Å². The van der Waals surface area contributed by atoms with E-state index in [0.29, 0.717) is 6.61 Å². The highest BCUT2D eigenvalue weighted by atomic mass is 28.4. The molecule has 2 atom stereocenters. The molecule has 1 aromatic carbocycles. The van der Waals surface area contributed by atoms with E-state index >= 15 is 0 Å². The van der Waals surface area contributed by atoms with Crippen molar-refractivity contribution in [2.24, 2.45) is 0 Å². The van der Waals surface area contributed by atoms with Crippen LogP contribution in [0.1, 0.15) is 40.2 Å². The summed E-state index contributed by atoms with van der Waals surface area (Å²) in [5, 5.41) is 0.183. The Hall–Kier alpha value is -1.10. The fourth-order valence-corrected chi connectivity index (χ4v) is 3.35. The first-order valence-corrected chi connectivity index (χ1v) is 11.6. The third kappa shape index (κ3) is 6.08. The molecule has 0 aliphatic carbocycles. The highest BCUT2D eigenvalue weighted by Gasteiger charge is 2.39. The molecule has 0 fully saturated rings. The largest absolute Gasteiger partial charge is 0.497 e. The Morgan fingerprint density at radius 3 is 2.17 bits per heavy atom. The fourth-order valence-electron chi connectivity index (χ4n) is 2.04. The van der Waals surface area contributed by atoms with Gasteiger partial charge in [-0.2, -0.15) is 0 Å². The first-order chi connectivity index (χ1) is 11.1. The van der Waals surface area contributed by atoms with E-state index in [1.807, 2.05) is 37.3 Å². The van der Waals surface area contributed by atoms with E-state index in [1.54, 1.807) is 7.11 Å². The van der Waals surface area contributed by atoms with Gasteiger partial charge in [0.05, 0.1) is 25.9 Å². The second-order valence-electron chi connectivity index (χ2n) is 7.73. The van der Waals surface area contributed by atoms with Gasteiger partial charge in [-0.3, -0.25) is 0 Å². The fraction of sp³-hybridized carbons (Fsp3) is 0.600. The molecule has 0 radical (unpaired) electrons. The molecule has 0 bridgehead atoms. The Morgan fingerprint density at radius 2 is 1.71 bits per heavy atom. The van der Waals surface area contributed by atoms with Gasteiger partial charge >= 0.3 is 0 Å². The molecule has 0 aromatic heterocycles. The van der Waals surface area contributed by atoms with Gasteiger partial charge in [0.25, 0.3) is 0 Å².